The molecule has 1 aromatic heterocycles. The smallest absolute Gasteiger partial charge is 0.253 e. The molecular formula is C24H29N5O5S. The van der Waals surface area contributed by atoms with Crippen LogP contribution in [0, 0.1) is 0 Å². The number of morpholine rings is 1. The fraction of sp³-hybridized carbons (Fsp3) is 0.375. The van der Waals surface area contributed by atoms with E-state index in [-0.39, 0.29) is 23.1 Å². The SMILES string of the molecule is CCn1c(CCC(=O)Nc2ccccc2C(=O)NC)nc2cc(S(=O)(=O)N3CCOCC3)ccc21. The molecule has 2 heterocycles. The maximum Gasteiger partial charge on any atom is 0.253 e. The molecule has 2 aromatic carbocycles. The topological polar surface area (TPSA) is 123 Å². The molecule has 1 fully saturated rings. The molecule has 186 valence electrons. The van der Waals surface area contributed by atoms with E-state index in [1.807, 2.05) is 11.5 Å². The molecular weight excluding hydrogens is 470 g/mol. The predicted molar refractivity (Wildman–Crippen MR) is 132 cm³/mol. The number of carbonyl (C=O) groups excluding carboxylic acids is 2. The minimum absolute atomic E-state index is 0.157. The van der Waals surface area contributed by atoms with E-state index in [0.717, 1.165) is 5.52 Å². The van der Waals surface area contributed by atoms with Crippen LogP contribution in [-0.4, -0.2) is 67.4 Å². The van der Waals surface area contributed by atoms with Gasteiger partial charge in [0.2, 0.25) is 15.9 Å². The summed E-state index contributed by atoms with van der Waals surface area (Å²) in [7, 11) is -2.09. The first-order valence-electron chi connectivity index (χ1n) is 11.5. The van der Waals surface area contributed by atoms with Crippen LogP contribution in [0.1, 0.15) is 29.5 Å². The molecule has 2 amide bonds. The van der Waals surface area contributed by atoms with Gasteiger partial charge in [-0.05, 0) is 37.3 Å². The minimum Gasteiger partial charge on any atom is -0.379 e. The molecule has 4 rings (SSSR count). The highest BCUT2D eigenvalue weighted by Crippen LogP contribution is 2.24. The van der Waals surface area contributed by atoms with E-state index >= 15 is 0 Å². The molecule has 0 aliphatic carbocycles. The number of ether oxygens (including phenoxy) is 1. The van der Waals surface area contributed by atoms with Gasteiger partial charge in [-0.1, -0.05) is 12.1 Å². The standard InChI is InChI=1S/C24H29N5O5S/c1-3-29-21-9-8-17(35(32,33)28-12-14-34-15-13-28)16-20(21)26-22(29)10-11-23(30)27-19-7-5-4-6-18(19)24(31)25-2/h4-9,16H,3,10-15H2,1-2H3,(H,25,31)(H,27,30). The quantitative estimate of drug-likeness (QED) is 0.489. The lowest BCUT2D eigenvalue weighted by Crippen LogP contribution is -2.40. The van der Waals surface area contributed by atoms with E-state index in [1.54, 1.807) is 42.5 Å². The van der Waals surface area contributed by atoms with Gasteiger partial charge in [-0.15, -0.1) is 0 Å². The van der Waals surface area contributed by atoms with Crippen molar-refractivity contribution in [2.24, 2.45) is 0 Å². The Labute approximate surface area is 204 Å². The van der Waals surface area contributed by atoms with Crippen LogP contribution in [0.3, 0.4) is 0 Å². The number of rotatable bonds is 8. The van der Waals surface area contributed by atoms with Crippen LogP contribution in [0.5, 0.6) is 0 Å². The normalized spacial score (nSPS) is 14.7. The van der Waals surface area contributed by atoms with E-state index in [2.05, 4.69) is 15.6 Å². The number of aromatic nitrogens is 2. The number of amides is 2. The first-order valence-corrected chi connectivity index (χ1v) is 13.0. The third-order valence-corrected chi connectivity index (χ3v) is 7.87. The second kappa shape index (κ2) is 10.5. The Hall–Kier alpha value is -3.28. The average Bonchev–Trinajstić information content (AvgIpc) is 3.24. The lowest BCUT2D eigenvalue weighted by Gasteiger charge is -2.26. The van der Waals surface area contributed by atoms with Gasteiger partial charge < -0.3 is 19.9 Å². The maximum atomic E-state index is 13.0. The first kappa shape index (κ1) is 24.8. The summed E-state index contributed by atoms with van der Waals surface area (Å²) in [4.78, 5) is 29.5. The number of fused-ring (bicyclic) bond motifs is 1. The molecule has 0 saturated carbocycles. The van der Waals surface area contributed by atoms with Gasteiger partial charge in [0.15, 0.2) is 0 Å². The summed E-state index contributed by atoms with van der Waals surface area (Å²) in [6.45, 7) is 4.02. The molecule has 35 heavy (non-hydrogen) atoms. The molecule has 0 atom stereocenters. The van der Waals surface area contributed by atoms with Crippen molar-refractivity contribution in [3.8, 4) is 0 Å². The number of anilines is 1. The molecule has 0 spiro atoms. The fourth-order valence-corrected chi connectivity index (χ4v) is 5.59. The van der Waals surface area contributed by atoms with Gasteiger partial charge in [0.05, 0.1) is 40.4 Å². The zero-order valence-electron chi connectivity index (χ0n) is 19.8. The second-order valence-corrected chi connectivity index (χ2v) is 10.1. The van der Waals surface area contributed by atoms with Crippen LogP contribution in [0.15, 0.2) is 47.4 Å². The summed E-state index contributed by atoms with van der Waals surface area (Å²) >= 11 is 0. The van der Waals surface area contributed by atoms with Crippen molar-refractivity contribution in [1.29, 1.82) is 0 Å². The van der Waals surface area contributed by atoms with Gasteiger partial charge in [-0.25, -0.2) is 13.4 Å². The Bertz CT molecular complexity index is 1350. The molecule has 2 N–H and O–H groups in total. The predicted octanol–water partition coefficient (Wildman–Crippen LogP) is 2.01. The summed E-state index contributed by atoms with van der Waals surface area (Å²) in [5.41, 5.74) is 2.22. The number of imidazole rings is 1. The van der Waals surface area contributed by atoms with Gasteiger partial charge in [-0.2, -0.15) is 4.31 Å². The Morgan fingerprint density at radius 2 is 1.86 bits per heavy atom. The highest BCUT2D eigenvalue weighted by molar-refractivity contribution is 7.89. The molecule has 1 aliphatic rings. The van der Waals surface area contributed by atoms with E-state index in [0.29, 0.717) is 61.9 Å². The van der Waals surface area contributed by atoms with Gasteiger partial charge >= 0.3 is 0 Å². The van der Waals surface area contributed by atoms with Crippen LogP contribution in [0.2, 0.25) is 0 Å². The van der Waals surface area contributed by atoms with Crippen molar-refractivity contribution in [3.63, 3.8) is 0 Å². The number of aryl methyl sites for hydroxylation is 2. The van der Waals surface area contributed by atoms with Gasteiger partial charge in [0.25, 0.3) is 5.91 Å². The van der Waals surface area contributed by atoms with Crippen molar-refractivity contribution >= 4 is 38.6 Å². The minimum atomic E-state index is -3.63. The monoisotopic (exact) mass is 499 g/mol. The van der Waals surface area contributed by atoms with Crippen molar-refractivity contribution in [1.82, 2.24) is 19.2 Å². The number of nitrogens with zero attached hydrogens (tertiary/aromatic N) is 3. The molecule has 3 aromatic rings. The van der Waals surface area contributed by atoms with Crippen LogP contribution < -0.4 is 10.6 Å². The van der Waals surface area contributed by atoms with E-state index in [1.165, 1.54) is 11.4 Å². The molecule has 11 heteroatoms. The maximum absolute atomic E-state index is 13.0. The number of benzene rings is 2. The Morgan fingerprint density at radius 3 is 2.57 bits per heavy atom. The van der Waals surface area contributed by atoms with Gasteiger partial charge in [0, 0.05) is 39.5 Å². The van der Waals surface area contributed by atoms with Crippen LogP contribution in [-0.2, 0) is 32.5 Å². The van der Waals surface area contributed by atoms with E-state index in [4.69, 9.17) is 4.74 Å². The van der Waals surface area contributed by atoms with E-state index < -0.39 is 10.0 Å². The summed E-state index contributed by atoms with van der Waals surface area (Å²) in [6, 6.07) is 11.8. The largest absolute Gasteiger partial charge is 0.379 e. The van der Waals surface area contributed by atoms with Crippen molar-refractivity contribution in [2.75, 3.05) is 38.7 Å². The highest BCUT2D eigenvalue weighted by Gasteiger charge is 2.27. The number of nitrogens with one attached hydrogen (secondary N) is 2. The van der Waals surface area contributed by atoms with Crippen LogP contribution in [0.4, 0.5) is 5.69 Å². The highest BCUT2D eigenvalue weighted by atomic mass is 32.2. The summed E-state index contributed by atoms with van der Waals surface area (Å²) in [5, 5.41) is 5.36. The van der Waals surface area contributed by atoms with Crippen molar-refractivity contribution in [3.05, 3.63) is 53.9 Å². The van der Waals surface area contributed by atoms with Crippen molar-refractivity contribution < 1.29 is 22.7 Å². The summed E-state index contributed by atoms with van der Waals surface area (Å²) in [5.74, 6) is 0.168. The van der Waals surface area contributed by atoms with E-state index in [9.17, 15) is 18.0 Å². The summed E-state index contributed by atoms with van der Waals surface area (Å²) in [6.07, 6.45) is 0.520. The summed E-state index contributed by atoms with van der Waals surface area (Å²) < 4.78 is 34.7. The van der Waals surface area contributed by atoms with Crippen LogP contribution in [0.25, 0.3) is 11.0 Å². The Balaban J connectivity index is 1.52. The van der Waals surface area contributed by atoms with Crippen LogP contribution >= 0.6 is 0 Å². The van der Waals surface area contributed by atoms with Crippen molar-refractivity contribution in [2.45, 2.75) is 31.2 Å². The number of hydrogen-bond acceptors (Lipinski definition) is 6. The molecule has 0 radical (unpaired) electrons. The third-order valence-electron chi connectivity index (χ3n) is 5.97. The van der Waals surface area contributed by atoms with Gasteiger partial charge in [-0.3, -0.25) is 9.59 Å². The molecule has 0 unspecified atom stereocenters. The first-order chi connectivity index (χ1) is 16.8. The number of sulfonamides is 1. The lowest BCUT2D eigenvalue weighted by atomic mass is 10.1. The Morgan fingerprint density at radius 1 is 1.11 bits per heavy atom. The number of carbonyl (C=O) groups is 2. The number of hydrogen-bond donors (Lipinski definition) is 2. The zero-order valence-corrected chi connectivity index (χ0v) is 20.6. The fourth-order valence-electron chi connectivity index (χ4n) is 4.16. The lowest BCUT2D eigenvalue weighted by molar-refractivity contribution is -0.116. The van der Waals surface area contributed by atoms with Gasteiger partial charge in [0.1, 0.15) is 5.82 Å². The average molecular weight is 500 g/mol. The number of para-hydroxylation sites is 1. The molecule has 10 nitrogen and oxygen atoms in total. The second-order valence-electron chi connectivity index (χ2n) is 8.11. The third kappa shape index (κ3) is 5.21. The zero-order chi connectivity index (χ0) is 25.0. The molecule has 1 saturated heterocycles. The Kier molecular flexibility index (Phi) is 7.48. The molecule has 1 aliphatic heterocycles. The molecule has 0 bridgehead atoms.